The van der Waals surface area contributed by atoms with Gasteiger partial charge in [-0.3, -0.25) is 27.9 Å². The number of aliphatic hydroxyl groups is 2. The summed E-state index contributed by atoms with van der Waals surface area (Å²) in [5.41, 5.74) is -3.21. The Hall–Kier alpha value is -2.06. The quantitative estimate of drug-likeness (QED) is 0.0623. The SMILES string of the molecule is CS(=O)(=O)O.CS(=O)(=O)OCCN(CCOS(C)(=O)=O)c1ccc([N+](=O)[O-])cc1S(=O)(=O)C(O)C(O)CN1CCNCC1. The smallest absolute Gasteiger partial charge is 0.270 e. The van der Waals surface area contributed by atoms with Crippen LogP contribution in [0.2, 0.25) is 0 Å². The molecule has 250 valence electrons. The summed E-state index contributed by atoms with van der Waals surface area (Å²) in [5.74, 6) is 0. The van der Waals surface area contributed by atoms with Crippen LogP contribution >= 0.6 is 0 Å². The molecule has 43 heavy (non-hydrogen) atoms. The van der Waals surface area contributed by atoms with Crippen LogP contribution in [0.15, 0.2) is 23.1 Å². The van der Waals surface area contributed by atoms with Gasteiger partial charge in [0.2, 0.25) is 9.84 Å². The van der Waals surface area contributed by atoms with Crippen molar-refractivity contribution in [3.63, 3.8) is 0 Å². The van der Waals surface area contributed by atoms with Gasteiger partial charge in [0.25, 0.3) is 36.0 Å². The fourth-order valence-corrected chi connectivity index (χ4v) is 5.93. The van der Waals surface area contributed by atoms with Crippen LogP contribution < -0.4 is 10.2 Å². The van der Waals surface area contributed by atoms with E-state index in [2.05, 4.69) is 5.32 Å². The highest BCUT2D eigenvalue weighted by Crippen LogP contribution is 2.32. The number of anilines is 1. The summed E-state index contributed by atoms with van der Waals surface area (Å²) in [7, 11) is -16.3. The zero-order valence-corrected chi connectivity index (χ0v) is 26.7. The first-order valence-corrected chi connectivity index (χ1v) is 19.2. The average Bonchev–Trinajstić information content (AvgIpc) is 2.85. The van der Waals surface area contributed by atoms with E-state index < -0.39 is 80.5 Å². The molecule has 1 fully saturated rings. The van der Waals surface area contributed by atoms with Crippen LogP contribution in [-0.2, 0) is 48.6 Å². The Morgan fingerprint density at radius 2 is 1.42 bits per heavy atom. The second-order valence-corrected chi connectivity index (χ2v) is 16.0. The number of nitro benzene ring substituents is 1. The summed E-state index contributed by atoms with van der Waals surface area (Å²) in [6.45, 7) is 0.445. The molecular formula is C20H36N4O15S4. The van der Waals surface area contributed by atoms with Crippen molar-refractivity contribution < 1.29 is 61.7 Å². The fraction of sp³-hybridized carbons (Fsp3) is 0.700. The Balaban J connectivity index is 0.00000170. The van der Waals surface area contributed by atoms with Crippen LogP contribution in [0.3, 0.4) is 0 Å². The predicted octanol–water partition coefficient (Wildman–Crippen LogP) is -2.78. The van der Waals surface area contributed by atoms with Gasteiger partial charge in [-0.05, 0) is 6.07 Å². The van der Waals surface area contributed by atoms with Crippen LogP contribution in [0, 0.1) is 10.1 Å². The number of hydrogen-bond donors (Lipinski definition) is 4. The molecular weight excluding hydrogens is 665 g/mol. The molecule has 1 aliphatic heterocycles. The lowest BCUT2D eigenvalue weighted by atomic mass is 10.2. The molecule has 1 aliphatic rings. The number of benzene rings is 1. The molecule has 0 spiro atoms. The van der Waals surface area contributed by atoms with E-state index in [4.69, 9.17) is 12.9 Å². The molecule has 2 unspecified atom stereocenters. The van der Waals surface area contributed by atoms with E-state index in [9.17, 15) is 54.0 Å². The molecule has 0 bridgehead atoms. The lowest BCUT2D eigenvalue weighted by Gasteiger charge is -2.31. The highest BCUT2D eigenvalue weighted by molar-refractivity contribution is 7.92. The van der Waals surface area contributed by atoms with Crippen LogP contribution in [-0.4, -0.2) is 148 Å². The molecule has 23 heteroatoms. The third-order valence-electron chi connectivity index (χ3n) is 5.42. The number of non-ortho nitro benzene ring substituents is 1. The van der Waals surface area contributed by atoms with E-state index in [0.29, 0.717) is 38.5 Å². The molecule has 19 nitrogen and oxygen atoms in total. The molecule has 0 saturated carbocycles. The minimum atomic E-state index is -4.83. The molecule has 2 rings (SSSR count). The molecule has 0 radical (unpaired) electrons. The maximum Gasteiger partial charge on any atom is 0.270 e. The maximum absolute atomic E-state index is 13.4. The highest BCUT2D eigenvalue weighted by Gasteiger charge is 2.37. The Labute approximate surface area is 250 Å². The predicted molar refractivity (Wildman–Crippen MR) is 153 cm³/mol. The zero-order chi connectivity index (χ0) is 33.2. The zero-order valence-electron chi connectivity index (χ0n) is 23.5. The molecule has 1 aromatic rings. The van der Waals surface area contributed by atoms with Gasteiger partial charge in [0.15, 0.2) is 5.44 Å². The first-order chi connectivity index (χ1) is 19.5. The first kappa shape index (κ1) is 39.0. The largest absolute Gasteiger partial charge is 0.388 e. The minimum Gasteiger partial charge on any atom is -0.388 e. The van der Waals surface area contributed by atoms with Gasteiger partial charge in [-0.2, -0.15) is 25.3 Å². The molecule has 0 aliphatic carbocycles. The summed E-state index contributed by atoms with van der Waals surface area (Å²) in [4.78, 5) is 12.7. The van der Waals surface area contributed by atoms with Crippen molar-refractivity contribution in [2.24, 2.45) is 0 Å². The molecule has 0 amide bonds. The fourth-order valence-electron chi connectivity index (χ4n) is 3.64. The summed E-state index contributed by atoms with van der Waals surface area (Å²) < 4.78 is 108. The van der Waals surface area contributed by atoms with Gasteiger partial charge < -0.3 is 20.4 Å². The molecule has 1 heterocycles. The van der Waals surface area contributed by atoms with Gasteiger partial charge in [0, 0.05) is 57.9 Å². The standard InChI is InChI=1S/C19H32N4O12S3.CH4O3S/c1-36(28,29)34-11-9-22(10-12-35-37(2,30)31)16-4-3-15(23(26)27)13-18(16)38(32,33)19(25)17(24)14-21-7-5-20-6-8-21;1-5(2,3)4/h3-4,13,17,19-20,24-25H,5-12,14H2,1-2H3;1H3,(H,2,3,4). The molecule has 2 atom stereocenters. The summed E-state index contributed by atoms with van der Waals surface area (Å²) in [6.07, 6.45) is 0.539. The number of nitrogens with one attached hydrogen (secondary N) is 1. The third-order valence-corrected chi connectivity index (χ3v) is 8.50. The van der Waals surface area contributed by atoms with Crippen molar-refractivity contribution in [3.05, 3.63) is 28.3 Å². The van der Waals surface area contributed by atoms with Gasteiger partial charge in [0.1, 0.15) is 6.10 Å². The number of piperazine rings is 1. The summed E-state index contributed by atoms with van der Waals surface area (Å²) in [5, 5.41) is 35.7. The number of hydrogen-bond acceptors (Lipinski definition) is 17. The van der Waals surface area contributed by atoms with E-state index in [0.717, 1.165) is 24.6 Å². The minimum absolute atomic E-state index is 0.180. The second kappa shape index (κ2) is 16.3. The Morgan fingerprint density at radius 1 is 0.953 bits per heavy atom. The van der Waals surface area contributed by atoms with Gasteiger partial charge in [-0.15, -0.1) is 0 Å². The van der Waals surface area contributed by atoms with Gasteiger partial charge in [-0.25, -0.2) is 8.42 Å². The van der Waals surface area contributed by atoms with Gasteiger partial charge in [-0.1, -0.05) is 0 Å². The molecule has 1 saturated heterocycles. The van der Waals surface area contributed by atoms with Gasteiger partial charge >= 0.3 is 0 Å². The Morgan fingerprint density at radius 3 is 1.84 bits per heavy atom. The van der Waals surface area contributed by atoms with Crippen molar-refractivity contribution in [2.45, 2.75) is 16.4 Å². The van der Waals surface area contributed by atoms with Crippen LogP contribution in [0.25, 0.3) is 0 Å². The van der Waals surface area contributed by atoms with Crippen molar-refractivity contribution in [2.75, 3.05) is 82.7 Å². The van der Waals surface area contributed by atoms with E-state index in [1.165, 1.54) is 4.90 Å². The second-order valence-electron chi connectivity index (χ2n) is 9.23. The number of sulfone groups is 1. The van der Waals surface area contributed by atoms with Crippen molar-refractivity contribution >= 4 is 51.6 Å². The van der Waals surface area contributed by atoms with E-state index >= 15 is 0 Å². The van der Waals surface area contributed by atoms with Crippen molar-refractivity contribution in [3.8, 4) is 0 Å². The lowest BCUT2D eigenvalue weighted by Crippen LogP contribution is -2.49. The van der Waals surface area contributed by atoms with Crippen molar-refractivity contribution in [1.82, 2.24) is 10.2 Å². The lowest BCUT2D eigenvalue weighted by molar-refractivity contribution is -0.385. The summed E-state index contributed by atoms with van der Waals surface area (Å²) in [6, 6.07) is 2.74. The Kier molecular flexibility index (Phi) is 14.8. The summed E-state index contributed by atoms with van der Waals surface area (Å²) >= 11 is 0. The number of β-amino-alcohol motifs (C(OH)–C–C–N with tert-alkyl or cyclic N) is 1. The normalized spacial score (nSPS) is 16.5. The third kappa shape index (κ3) is 15.5. The topological polar surface area (TPSA) is 277 Å². The van der Waals surface area contributed by atoms with Crippen LogP contribution in [0.5, 0.6) is 0 Å². The average molecular weight is 701 g/mol. The van der Waals surface area contributed by atoms with Gasteiger partial charge in [0.05, 0.1) is 47.5 Å². The van der Waals surface area contributed by atoms with Crippen LogP contribution in [0.4, 0.5) is 11.4 Å². The van der Waals surface area contributed by atoms with E-state index in [1.807, 2.05) is 0 Å². The number of nitrogens with zero attached hydrogens (tertiary/aromatic N) is 3. The number of rotatable bonds is 15. The Bertz CT molecular complexity index is 1460. The van der Waals surface area contributed by atoms with E-state index in [1.54, 1.807) is 4.90 Å². The monoisotopic (exact) mass is 700 g/mol. The molecule has 0 aromatic heterocycles. The van der Waals surface area contributed by atoms with Crippen LogP contribution in [0.1, 0.15) is 0 Å². The molecule has 1 aromatic carbocycles. The van der Waals surface area contributed by atoms with Crippen molar-refractivity contribution in [1.29, 1.82) is 0 Å². The maximum atomic E-state index is 13.4. The first-order valence-electron chi connectivity index (χ1n) is 12.2. The molecule has 4 N–H and O–H groups in total. The number of nitro groups is 1. The van der Waals surface area contributed by atoms with E-state index in [-0.39, 0.29) is 25.3 Å². The number of aliphatic hydroxyl groups excluding tert-OH is 2. The highest BCUT2D eigenvalue weighted by atomic mass is 32.2.